The van der Waals surface area contributed by atoms with Crippen molar-refractivity contribution in [2.75, 3.05) is 5.73 Å². The van der Waals surface area contributed by atoms with Gasteiger partial charge in [0, 0.05) is 17.1 Å². The minimum atomic E-state index is 0.166. The molecule has 0 spiro atoms. The van der Waals surface area contributed by atoms with Gasteiger partial charge in [-0.15, -0.1) is 0 Å². The number of phenols is 1. The molecule has 0 unspecified atom stereocenters. The normalized spacial score (nSPS) is 10.5. The largest absolute Gasteiger partial charge is 0.508 e. The van der Waals surface area contributed by atoms with Crippen molar-refractivity contribution in [3.63, 3.8) is 0 Å². The minimum Gasteiger partial charge on any atom is -0.508 e. The van der Waals surface area contributed by atoms with Gasteiger partial charge < -0.3 is 10.8 Å². The van der Waals surface area contributed by atoms with Crippen molar-refractivity contribution in [2.45, 2.75) is 6.92 Å². The molecule has 0 aliphatic carbocycles. The van der Waals surface area contributed by atoms with Gasteiger partial charge in [0.05, 0.1) is 11.2 Å². The fourth-order valence-corrected chi connectivity index (χ4v) is 2.47. The summed E-state index contributed by atoms with van der Waals surface area (Å²) in [5.74, 6) is 0.166. The van der Waals surface area contributed by atoms with E-state index in [0.717, 1.165) is 22.1 Å². The molecule has 0 aliphatic heterocycles. The van der Waals surface area contributed by atoms with Crippen LogP contribution in [0.4, 0.5) is 5.69 Å². The topological polar surface area (TPSA) is 82.9 Å². The first-order valence-electron chi connectivity index (χ1n) is 6.49. The summed E-state index contributed by atoms with van der Waals surface area (Å²) in [6, 6.07) is 12.9. The highest BCUT2D eigenvalue weighted by atomic mass is 16.3. The number of rotatable bonds is 1. The Morgan fingerprint density at radius 1 is 1.19 bits per heavy atom. The molecule has 0 aliphatic rings. The van der Waals surface area contributed by atoms with E-state index in [0.29, 0.717) is 16.8 Å². The van der Waals surface area contributed by atoms with Crippen LogP contribution in [-0.4, -0.2) is 10.1 Å². The van der Waals surface area contributed by atoms with Crippen LogP contribution in [0.5, 0.6) is 5.75 Å². The van der Waals surface area contributed by atoms with Crippen LogP contribution in [0.1, 0.15) is 11.1 Å². The number of nitrogens with zero attached hydrogens (tertiary/aromatic N) is 2. The molecule has 2 aromatic carbocycles. The maximum Gasteiger partial charge on any atom is 0.116 e. The predicted octanol–water partition coefficient (Wildman–Crippen LogP) is 3.37. The van der Waals surface area contributed by atoms with Gasteiger partial charge >= 0.3 is 0 Å². The first-order valence-corrected chi connectivity index (χ1v) is 6.49. The number of aromatic nitrogens is 1. The molecule has 102 valence electrons. The van der Waals surface area contributed by atoms with E-state index in [1.54, 1.807) is 18.3 Å². The molecule has 1 aromatic heterocycles. The number of nitriles is 1. The summed E-state index contributed by atoms with van der Waals surface area (Å²) in [5.41, 5.74) is 10.0. The first kappa shape index (κ1) is 12.9. The lowest BCUT2D eigenvalue weighted by molar-refractivity contribution is 0.475. The van der Waals surface area contributed by atoms with Gasteiger partial charge in [-0.1, -0.05) is 12.1 Å². The molecule has 3 N–H and O–H groups in total. The molecule has 0 amide bonds. The van der Waals surface area contributed by atoms with Crippen LogP contribution >= 0.6 is 0 Å². The maximum absolute atomic E-state index is 9.71. The molecule has 3 rings (SSSR count). The van der Waals surface area contributed by atoms with Gasteiger partial charge in [0.15, 0.2) is 0 Å². The molecule has 0 saturated carbocycles. The van der Waals surface area contributed by atoms with Crippen LogP contribution < -0.4 is 5.73 Å². The number of aryl methyl sites for hydroxylation is 1. The molecule has 0 fully saturated rings. The Morgan fingerprint density at radius 3 is 2.76 bits per heavy atom. The van der Waals surface area contributed by atoms with Crippen LogP contribution in [-0.2, 0) is 0 Å². The third-order valence-corrected chi connectivity index (χ3v) is 3.56. The number of aromatic hydroxyl groups is 1. The van der Waals surface area contributed by atoms with Crippen LogP contribution in [0.3, 0.4) is 0 Å². The highest BCUT2D eigenvalue weighted by molar-refractivity contribution is 5.97. The van der Waals surface area contributed by atoms with Crippen molar-refractivity contribution in [1.29, 1.82) is 5.26 Å². The van der Waals surface area contributed by atoms with Crippen LogP contribution in [0.25, 0.3) is 22.0 Å². The standard InChI is InChI=1S/C17H13N3O/c1-10-4-5-12(21)8-13(10)14-7-11-3-2-6-20-17(11)15(9-18)16(14)19/h2-8,21H,19H2,1H3. The smallest absolute Gasteiger partial charge is 0.116 e. The Bertz CT molecular complexity index is 894. The third kappa shape index (κ3) is 2.05. The number of anilines is 1. The van der Waals surface area contributed by atoms with Gasteiger partial charge in [0.25, 0.3) is 0 Å². The third-order valence-electron chi connectivity index (χ3n) is 3.56. The highest BCUT2D eigenvalue weighted by Gasteiger charge is 2.14. The summed E-state index contributed by atoms with van der Waals surface area (Å²) >= 11 is 0. The van der Waals surface area contributed by atoms with Gasteiger partial charge in [0.2, 0.25) is 0 Å². The number of hydrogen-bond acceptors (Lipinski definition) is 4. The minimum absolute atomic E-state index is 0.166. The van der Waals surface area contributed by atoms with Crippen molar-refractivity contribution in [1.82, 2.24) is 4.98 Å². The van der Waals surface area contributed by atoms with E-state index in [1.807, 2.05) is 31.2 Å². The average molecular weight is 275 g/mol. The fraction of sp³-hybridized carbons (Fsp3) is 0.0588. The fourth-order valence-electron chi connectivity index (χ4n) is 2.47. The zero-order chi connectivity index (χ0) is 15.0. The van der Waals surface area contributed by atoms with Crippen molar-refractivity contribution in [3.05, 3.63) is 53.7 Å². The Balaban J connectivity index is 2.41. The predicted molar refractivity (Wildman–Crippen MR) is 82.7 cm³/mol. The number of nitrogens with two attached hydrogens (primary N) is 1. The van der Waals surface area contributed by atoms with Crippen LogP contribution in [0.2, 0.25) is 0 Å². The van der Waals surface area contributed by atoms with Crippen molar-refractivity contribution >= 4 is 16.6 Å². The summed E-state index contributed by atoms with van der Waals surface area (Å²) in [7, 11) is 0. The first-order chi connectivity index (χ1) is 10.1. The molecular weight excluding hydrogens is 262 g/mol. The van der Waals surface area contributed by atoms with Gasteiger partial charge in [0.1, 0.15) is 17.4 Å². The summed E-state index contributed by atoms with van der Waals surface area (Å²) < 4.78 is 0. The number of nitrogen functional groups attached to an aromatic ring is 1. The molecule has 0 bridgehead atoms. The van der Waals surface area contributed by atoms with E-state index < -0.39 is 0 Å². The Hall–Kier alpha value is -3.06. The molecule has 4 heteroatoms. The number of fused-ring (bicyclic) bond motifs is 1. The zero-order valence-corrected chi connectivity index (χ0v) is 11.5. The Morgan fingerprint density at radius 2 is 2.00 bits per heavy atom. The van der Waals surface area contributed by atoms with Crippen molar-refractivity contribution in [3.8, 4) is 22.9 Å². The SMILES string of the molecule is Cc1ccc(O)cc1-c1cc2cccnc2c(C#N)c1N. The lowest BCUT2D eigenvalue weighted by Crippen LogP contribution is -1.98. The van der Waals surface area contributed by atoms with E-state index in [4.69, 9.17) is 5.73 Å². The molecule has 1 heterocycles. The quantitative estimate of drug-likeness (QED) is 0.667. The van der Waals surface area contributed by atoms with E-state index in [-0.39, 0.29) is 5.75 Å². The van der Waals surface area contributed by atoms with Gasteiger partial charge in [-0.05, 0) is 42.3 Å². The molecule has 21 heavy (non-hydrogen) atoms. The molecule has 4 nitrogen and oxygen atoms in total. The van der Waals surface area contributed by atoms with E-state index >= 15 is 0 Å². The monoisotopic (exact) mass is 275 g/mol. The molecular formula is C17H13N3O. The molecule has 3 aromatic rings. The zero-order valence-electron chi connectivity index (χ0n) is 11.5. The van der Waals surface area contributed by atoms with Gasteiger partial charge in [-0.25, -0.2) is 0 Å². The van der Waals surface area contributed by atoms with Gasteiger partial charge in [-0.3, -0.25) is 4.98 Å². The summed E-state index contributed by atoms with van der Waals surface area (Å²) in [4.78, 5) is 4.24. The van der Waals surface area contributed by atoms with E-state index in [2.05, 4.69) is 11.1 Å². The lowest BCUT2D eigenvalue weighted by atomic mass is 9.94. The second-order valence-electron chi connectivity index (χ2n) is 4.90. The average Bonchev–Trinajstić information content (AvgIpc) is 2.49. The Labute approximate surface area is 122 Å². The lowest BCUT2D eigenvalue weighted by Gasteiger charge is -2.13. The number of pyridine rings is 1. The van der Waals surface area contributed by atoms with Crippen LogP contribution in [0.15, 0.2) is 42.6 Å². The second kappa shape index (κ2) is 4.80. The number of benzene rings is 2. The number of phenolic OH excluding ortho intramolecular Hbond substituents is 1. The Kier molecular flexibility index (Phi) is 2.96. The van der Waals surface area contributed by atoms with Crippen molar-refractivity contribution < 1.29 is 5.11 Å². The maximum atomic E-state index is 9.71. The molecule has 0 radical (unpaired) electrons. The summed E-state index contributed by atoms with van der Waals surface area (Å²) in [6.07, 6.45) is 1.64. The second-order valence-corrected chi connectivity index (χ2v) is 4.90. The summed E-state index contributed by atoms with van der Waals surface area (Å²) in [6.45, 7) is 1.94. The van der Waals surface area contributed by atoms with E-state index in [9.17, 15) is 10.4 Å². The van der Waals surface area contributed by atoms with E-state index in [1.165, 1.54) is 0 Å². The molecule has 0 atom stereocenters. The highest BCUT2D eigenvalue weighted by Crippen LogP contribution is 2.36. The summed E-state index contributed by atoms with van der Waals surface area (Å²) in [5, 5.41) is 20.0. The van der Waals surface area contributed by atoms with Gasteiger partial charge in [-0.2, -0.15) is 5.26 Å². The van der Waals surface area contributed by atoms with Crippen LogP contribution in [0, 0.1) is 18.3 Å². The molecule has 0 saturated heterocycles. The van der Waals surface area contributed by atoms with Crippen molar-refractivity contribution in [2.24, 2.45) is 0 Å². The number of hydrogen-bond donors (Lipinski definition) is 2.